The van der Waals surface area contributed by atoms with Gasteiger partial charge in [0.15, 0.2) is 0 Å². The minimum absolute atomic E-state index is 0.0256. The van der Waals surface area contributed by atoms with Crippen molar-refractivity contribution in [1.82, 2.24) is 20.3 Å². The summed E-state index contributed by atoms with van der Waals surface area (Å²) >= 11 is 0. The first-order chi connectivity index (χ1) is 9.57. The second-order valence-corrected chi connectivity index (χ2v) is 5.74. The van der Waals surface area contributed by atoms with Crippen LogP contribution >= 0.6 is 0 Å². The van der Waals surface area contributed by atoms with Crippen LogP contribution in [0.15, 0.2) is 36.5 Å². The predicted molar refractivity (Wildman–Crippen MR) is 75.9 cm³/mol. The Morgan fingerprint density at radius 1 is 1.30 bits per heavy atom. The molecule has 0 spiro atoms. The number of nitrogens with zero attached hydrogens (tertiary/aromatic N) is 3. The molecule has 0 aliphatic carbocycles. The summed E-state index contributed by atoms with van der Waals surface area (Å²) < 4.78 is 1.69. The van der Waals surface area contributed by atoms with Gasteiger partial charge in [0.1, 0.15) is 0 Å². The van der Waals surface area contributed by atoms with Crippen LogP contribution in [0.2, 0.25) is 0 Å². The summed E-state index contributed by atoms with van der Waals surface area (Å²) in [7, 11) is 1.85. The van der Waals surface area contributed by atoms with Crippen molar-refractivity contribution < 1.29 is 5.11 Å². The molecule has 5 nitrogen and oxygen atoms in total. The van der Waals surface area contributed by atoms with Crippen molar-refractivity contribution in [1.29, 1.82) is 0 Å². The molecule has 2 heterocycles. The van der Waals surface area contributed by atoms with Gasteiger partial charge in [-0.1, -0.05) is 35.5 Å². The third kappa shape index (κ3) is 2.46. The molecule has 106 valence electrons. The van der Waals surface area contributed by atoms with Gasteiger partial charge in [0.05, 0.1) is 17.3 Å². The van der Waals surface area contributed by atoms with Crippen molar-refractivity contribution in [2.75, 3.05) is 0 Å². The van der Waals surface area contributed by atoms with E-state index in [0.29, 0.717) is 12.8 Å². The SMILES string of the molecule is C[C@H]1C[C@@](O)(c2ccccc2)C[C@@H](c2cn(C)nn2)N1. The van der Waals surface area contributed by atoms with Crippen molar-refractivity contribution in [2.24, 2.45) is 7.05 Å². The molecular formula is C15H20N4O. The summed E-state index contributed by atoms with van der Waals surface area (Å²) in [4.78, 5) is 0. The van der Waals surface area contributed by atoms with Crippen LogP contribution in [0.1, 0.15) is 37.1 Å². The Kier molecular flexibility index (Phi) is 3.31. The molecule has 0 amide bonds. The Hall–Kier alpha value is -1.72. The van der Waals surface area contributed by atoms with Crippen LogP contribution in [0.4, 0.5) is 0 Å². The monoisotopic (exact) mass is 272 g/mol. The topological polar surface area (TPSA) is 63.0 Å². The van der Waals surface area contributed by atoms with Crippen LogP contribution in [0.3, 0.4) is 0 Å². The van der Waals surface area contributed by atoms with Gasteiger partial charge in [-0.2, -0.15) is 0 Å². The summed E-state index contributed by atoms with van der Waals surface area (Å²) in [6, 6.07) is 10.1. The zero-order valence-corrected chi connectivity index (χ0v) is 11.8. The van der Waals surface area contributed by atoms with Gasteiger partial charge in [-0.15, -0.1) is 5.10 Å². The van der Waals surface area contributed by atoms with Gasteiger partial charge < -0.3 is 10.4 Å². The first-order valence-electron chi connectivity index (χ1n) is 6.97. The third-order valence-electron chi connectivity index (χ3n) is 3.96. The van der Waals surface area contributed by atoms with Crippen LogP contribution in [0, 0.1) is 0 Å². The molecule has 1 aliphatic rings. The highest BCUT2D eigenvalue weighted by atomic mass is 16.3. The molecule has 1 fully saturated rings. The van der Waals surface area contributed by atoms with E-state index in [1.54, 1.807) is 4.68 Å². The van der Waals surface area contributed by atoms with Gasteiger partial charge in [-0.05, 0) is 18.9 Å². The Morgan fingerprint density at radius 3 is 2.70 bits per heavy atom. The second-order valence-electron chi connectivity index (χ2n) is 5.74. The first-order valence-corrected chi connectivity index (χ1v) is 6.97. The van der Waals surface area contributed by atoms with E-state index in [-0.39, 0.29) is 12.1 Å². The number of rotatable bonds is 2. The second kappa shape index (κ2) is 5.00. The lowest BCUT2D eigenvalue weighted by molar-refractivity contribution is -0.0235. The van der Waals surface area contributed by atoms with Crippen molar-refractivity contribution >= 4 is 0 Å². The summed E-state index contributed by atoms with van der Waals surface area (Å²) in [5.41, 5.74) is 1.05. The lowest BCUT2D eigenvalue weighted by atomic mass is 9.78. The van der Waals surface area contributed by atoms with E-state index in [9.17, 15) is 5.11 Å². The molecule has 1 aliphatic heterocycles. The number of aliphatic hydroxyl groups is 1. The molecule has 20 heavy (non-hydrogen) atoms. The van der Waals surface area contributed by atoms with Crippen molar-refractivity contribution in [2.45, 2.75) is 37.5 Å². The van der Waals surface area contributed by atoms with E-state index in [1.807, 2.05) is 43.6 Å². The van der Waals surface area contributed by atoms with Crippen molar-refractivity contribution in [3.05, 3.63) is 47.8 Å². The smallest absolute Gasteiger partial charge is 0.0997 e. The lowest BCUT2D eigenvalue weighted by Gasteiger charge is -2.40. The normalized spacial score (nSPS) is 30.4. The van der Waals surface area contributed by atoms with Crippen LogP contribution < -0.4 is 5.32 Å². The highest BCUT2D eigenvalue weighted by molar-refractivity contribution is 5.25. The van der Waals surface area contributed by atoms with Crippen LogP contribution in [0.25, 0.3) is 0 Å². The average Bonchev–Trinajstić information content (AvgIpc) is 2.86. The van der Waals surface area contributed by atoms with E-state index >= 15 is 0 Å². The molecule has 2 aromatic rings. The minimum atomic E-state index is -0.811. The molecule has 3 atom stereocenters. The molecule has 0 unspecified atom stereocenters. The quantitative estimate of drug-likeness (QED) is 0.870. The fourth-order valence-electron chi connectivity index (χ4n) is 3.09. The van der Waals surface area contributed by atoms with Gasteiger partial charge in [-0.3, -0.25) is 4.68 Å². The highest BCUT2D eigenvalue weighted by Gasteiger charge is 2.40. The Morgan fingerprint density at radius 2 is 2.05 bits per heavy atom. The van der Waals surface area contributed by atoms with Crippen LogP contribution in [-0.4, -0.2) is 26.1 Å². The maximum absolute atomic E-state index is 11.1. The van der Waals surface area contributed by atoms with E-state index in [0.717, 1.165) is 11.3 Å². The molecule has 5 heteroatoms. The number of nitrogens with one attached hydrogen (secondary N) is 1. The number of aryl methyl sites for hydroxylation is 1. The summed E-state index contributed by atoms with van der Waals surface area (Å²) in [5.74, 6) is 0. The van der Waals surface area contributed by atoms with Gasteiger partial charge in [0.25, 0.3) is 0 Å². The average molecular weight is 272 g/mol. The standard InChI is InChI=1S/C15H20N4O/c1-11-8-15(20,12-6-4-3-5-7-12)9-13(16-11)14-10-19(2)18-17-14/h3-7,10-11,13,16,20H,8-9H2,1-2H3/t11-,13-,15-/m0/s1. The lowest BCUT2D eigenvalue weighted by Crippen LogP contribution is -2.47. The molecule has 1 aromatic carbocycles. The molecule has 0 radical (unpaired) electrons. The first kappa shape index (κ1) is 13.3. The molecule has 1 saturated heterocycles. The summed E-state index contributed by atoms with van der Waals surface area (Å²) in [5, 5.41) is 22.7. The largest absolute Gasteiger partial charge is 0.385 e. The number of aromatic nitrogens is 3. The molecule has 3 rings (SSSR count). The fourth-order valence-corrected chi connectivity index (χ4v) is 3.09. The van der Waals surface area contributed by atoms with Gasteiger partial charge in [0, 0.05) is 25.7 Å². The van der Waals surface area contributed by atoms with Crippen molar-refractivity contribution in [3.63, 3.8) is 0 Å². The van der Waals surface area contributed by atoms with E-state index in [1.165, 1.54) is 0 Å². The molecule has 0 saturated carbocycles. The van der Waals surface area contributed by atoms with Crippen LogP contribution in [-0.2, 0) is 12.6 Å². The highest BCUT2D eigenvalue weighted by Crippen LogP contribution is 2.39. The Labute approximate surface area is 118 Å². The van der Waals surface area contributed by atoms with Crippen molar-refractivity contribution in [3.8, 4) is 0 Å². The van der Waals surface area contributed by atoms with E-state index in [2.05, 4.69) is 22.6 Å². The number of hydrogen-bond donors (Lipinski definition) is 2. The fraction of sp³-hybridized carbons (Fsp3) is 0.467. The zero-order valence-electron chi connectivity index (χ0n) is 11.8. The predicted octanol–water partition coefficient (Wildman–Crippen LogP) is 1.52. The summed E-state index contributed by atoms with van der Waals surface area (Å²) in [6.07, 6.45) is 3.22. The van der Waals surface area contributed by atoms with E-state index in [4.69, 9.17) is 0 Å². The third-order valence-corrected chi connectivity index (χ3v) is 3.96. The molecule has 2 N–H and O–H groups in total. The van der Waals surface area contributed by atoms with Gasteiger partial charge >= 0.3 is 0 Å². The molecular weight excluding hydrogens is 252 g/mol. The van der Waals surface area contributed by atoms with E-state index < -0.39 is 5.60 Å². The maximum Gasteiger partial charge on any atom is 0.0997 e. The zero-order chi connectivity index (χ0) is 14.2. The summed E-state index contributed by atoms with van der Waals surface area (Å²) in [6.45, 7) is 2.09. The van der Waals surface area contributed by atoms with Crippen LogP contribution in [0.5, 0.6) is 0 Å². The van der Waals surface area contributed by atoms with Gasteiger partial charge in [0.2, 0.25) is 0 Å². The maximum atomic E-state index is 11.1. The minimum Gasteiger partial charge on any atom is -0.385 e. The number of piperidine rings is 1. The molecule has 0 bridgehead atoms. The molecule has 1 aromatic heterocycles. The Bertz CT molecular complexity index is 583. The number of benzene rings is 1. The van der Waals surface area contributed by atoms with Gasteiger partial charge in [-0.25, -0.2) is 0 Å². The Balaban J connectivity index is 1.90. The number of hydrogen-bond acceptors (Lipinski definition) is 4.